The summed E-state index contributed by atoms with van der Waals surface area (Å²) < 4.78 is 28.5. The van der Waals surface area contributed by atoms with Gasteiger partial charge in [-0.05, 0) is 6.42 Å². The lowest BCUT2D eigenvalue weighted by molar-refractivity contribution is -0.132. The van der Waals surface area contributed by atoms with Gasteiger partial charge in [-0.25, -0.2) is 8.42 Å². The molecule has 1 fully saturated rings. The molecule has 1 aliphatic heterocycles. The van der Waals surface area contributed by atoms with Crippen LogP contribution in [0.15, 0.2) is 0 Å². The zero-order valence-electron chi connectivity index (χ0n) is 10.1. The van der Waals surface area contributed by atoms with E-state index in [-0.39, 0.29) is 11.7 Å². The van der Waals surface area contributed by atoms with Gasteiger partial charge in [0, 0.05) is 19.1 Å². The Bertz CT molecular complexity index is 349. The van der Waals surface area contributed by atoms with Gasteiger partial charge in [0.25, 0.3) is 0 Å². The van der Waals surface area contributed by atoms with Gasteiger partial charge in [-0.2, -0.15) is 0 Å². The number of carbonyl (C=O) groups is 1. The molecule has 17 heavy (non-hydrogen) atoms. The predicted molar refractivity (Wildman–Crippen MR) is 64.3 cm³/mol. The van der Waals surface area contributed by atoms with Crippen molar-refractivity contribution in [3.8, 4) is 0 Å². The second-order valence-electron chi connectivity index (χ2n) is 4.22. The molecule has 0 aliphatic carbocycles. The third kappa shape index (κ3) is 5.01. The lowest BCUT2D eigenvalue weighted by atomic mass is 10.3. The van der Waals surface area contributed by atoms with E-state index < -0.39 is 21.6 Å². The van der Waals surface area contributed by atoms with Crippen molar-refractivity contribution < 1.29 is 17.9 Å². The van der Waals surface area contributed by atoms with Crippen molar-refractivity contribution in [2.45, 2.75) is 19.4 Å². The number of sulfone groups is 1. The maximum absolute atomic E-state index is 11.7. The Labute approximate surface area is 102 Å². The molecule has 0 radical (unpaired) electrons. The molecule has 0 saturated carbocycles. The summed E-state index contributed by atoms with van der Waals surface area (Å²) in [5.74, 6) is -0.920. The summed E-state index contributed by atoms with van der Waals surface area (Å²) >= 11 is 0. The fourth-order valence-corrected chi connectivity index (χ4v) is 3.16. The number of amides is 1. The van der Waals surface area contributed by atoms with Crippen molar-refractivity contribution in [3.05, 3.63) is 0 Å². The van der Waals surface area contributed by atoms with Crippen LogP contribution in [0.3, 0.4) is 0 Å². The van der Waals surface area contributed by atoms with Gasteiger partial charge >= 0.3 is 0 Å². The normalized spacial score (nSPS) is 19.1. The molecule has 1 atom stereocenters. The van der Waals surface area contributed by atoms with E-state index in [1.165, 1.54) is 4.90 Å². The molecule has 1 heterocycles. The van der Waals surface area contributed by atoms with Crippen molar-refractivity contribution in [2.75, 3.05) is 37.8 Å². The summed E-state index contributed by atoms with van der Waals surface area (Å²) in [7, 11) is -3.40. The number of hydrogen-bond acceptors (Lipinski definition) is 5. The summed E-state index contributed by atoms with van der Waals surface area (Å²) in [6.45, 7) is 3.70. The van der Waals surface area contributed by atoms with Crippen molar-refractivity contribution in [2.24, 2.45) is 5.73 Å². The minimum absolute atomic E-state index is 0.125. The van der Waals surface area contributed by atoms with Gasteiger partial charge in [-0.15, -0.1) is 0 Å². The minimum atomic E-state index is -3.40. The standard InChI is InChI=1S/C10H20N2O4S/c1-2-9(11)7-17(14,15)8-10(13)12-3-5-16-6-4-12/h9H,2-8,11H2,1H3. The van der Waals surface area contributed by atoms with Gasteiger partial charge in [-0.1, -0.05) is 6.92 Å². The van der Waals surface area contributed by atoms with Gasteiger partial charge < -0.3 is 15.4 Å². The van der Waals surface area contributed by atoms with E-state index >= 15 is 0 Å². The molecule has 1 unspecified atom stereocenters. The van der Waals surface area contributed by atoms with E-state index in [2.05, 4.69) is 0 Å². The van der Waals surface area contributed by atoms with E-state index in [1.807, 2.05) is 6.92 Å². The summed E-state index contributed by atoms with van der Waals surface area (Å²) in [5, 5.41) is 0. The zero-order chi connectivity index (χ0) is 12.9. The van der Waals surface area contributed by atoms with Crippen molar-refractivity contribution >= 4 is 15.7 Å². The first-order chi connectivity index (χ1) is 7.94. The molecule has 0 bridgehead atoms. The second kappa shape index (κ2) is 6.32. The maximum Gasteiger partial charge on any atom is 0.237 e. The van der Waals surface area contributed by atoms with E-state index in [1.54, 1.807) is 0 Å². The zero-order valence-corrected chi connectivity index (χ0v) is 10.9. The molecular formula is C10H20N2O4S. The first-order valence-corrected chi connectivity index (χ1v) is 7.58. The number of ether oxygens (including phenoxy) is 1. The predicted octanol–water partition coefficient (Wildman–Crippen LogP) is -1.00. The van der Waals surface area contributed by atoms with Crippen molar-refractivity contribution in [3.63, 3.8) is 0 Å². The Morgan fingerprint density at radius 1 is 1.41 bits per heavy atom. The molecule has 1 rings (SSSR count). The maximum atomic E-state index is 11.7. The summed E-state index contributed by atoms with van der Waals surface area (Å²) in [4.78, 5) is 13.3. The van der Waals surface area contributed by atoms with Gasteiger partial charge in [0.1, 0.15) is 5.75 Å². The Morgan fingerprint density at radius 2 is 2.00 bits per heavy atom. The molecule has 0 spiro atoms. The number of carbonyl (C=O) groups excluding carboxylic acids is 1. The fraction of sp³-hybridized carbons (Fsp3) is 0.900. The molecular weight excluding hydrogens is 244 g/mol. The van der Waals surface area contributed by atoms with Crippen LogP contribution in [0.1, 0.15) is 13.3 Å². The van der Waals surface area contributed by atoms with Gasteiger partial charge in [-0.3, -0.25) is 4.79 Å². The summed E-state index contributed by atoms with van der Waals surface area (Å²) in [6, 6.07) is -0.391. The number of rotatable bonds is 5. The highest BCUT2D eigenvalue weighted by molar-refractivity contribution is 7.92. The van der Waals surface area contributed by atoms with Crippen LogP contribution in [0, 0.1) is 0 Å². The van der Waals surface area contributed by atoms with E-state index in [4.69, 9.17) is 10.5 Å². The average molecular weight is 264 g/mol. The minimum Gasteiger partial charge on any atom is -0.378 e. The summed E-state index contributed by atoms with van der Waals surface area (Å²) in [6.07, 6.45) is 0.588. The van der Waals surface area contributed by atoms with Crippen molar-refractivity contribution in [1.29, 1.82) is 0 Å². The molecule has 100 valence electrons. The fourth-order valence-electron chi connectivity index (χ4n) is 1.60. The molecule has 2 N–H and O–H groups in total. The Kier molecular flexibility index (Phi) is 5.35. The molecule has 1 amide bonds. The van der Waals surface area contributed by atoms with E-state index in [0.717, 1.165) is 0 Å². The Morgan fingerprint density at radius 3 is 2.53 bits per heavy atom. The molecule has 1 aliphatic rings. The third-order valence-electron chi connectivity index (χ3n) is 2.70. The van der Waals surface area contributed by atoms with Crippen LogP contribution in [-0.4, -0.2) is 63.1 Å². The van der Waals surface area contributed by atoms with Gasteiger partial charge in [0.05, 0.1) is 19.0 Å². The molecule has 0 aromatic heterocycles. The Balaban J connectivity index is 2.48. The van der Waals surface area contributed by atoms with Crippen LogP contribution in [-0.2, 0) is 19.4 Å². The SMILES string of the molecule is CCC(N)CS(=O)(=O)CC(=O)N1CCOCC1. The van der Waals surface area contributed by atoms with Crippen molar-refractivity contribution in [1.82, 2.24) is 4.90 Å². The smallest absolute Gasteiger partial charge is 0.237 e. The lowest BCUT2D eigenvalue weighted by Crippen LogP contribution is -2.44. The van der Waals surface area contributed by atoms with Crippen LogP contribution in [0.25, 0.3) is 0 Å². The quantitative estimate of drug-likeness (QED) is 0.687. The van der Waals surface area contributed by atoms with E-state index in [9.17, 15) is 13.2 Å². The molecule has 1 saturated heterocycles. The number of nitrogens with zero attached hydrogens (tertiary/aromatic N) is 1. The van der Waals surface area contributed by atoms with Crippen LogP contribution in [0.5, 0.6) is 0 Å². The molecule has 0 aromatic rings. The highest BCUT2D eigenvalue weighted by Crippen LogP contribution is 2.02. The molecule has 0 aromatic carbocycles. The van der Waals surface area contributed by atoms with Gasteiger partial charge in [0.15, 0.2) is 9.84 Å². The number of hydrogen-bond donors (Lipinski definition) is 1. The third-order valence-corrected chi connectivity index (χ3v) is 4.32. The molecule has 6 nitrogen and oxygen atoms in total. The van der Waals surface area contributed by atoms with Crippen LogP contribution >= 0.6 is 0 Å². The summed E-state index contributed by atoms with van der Waals surface area (Å²) in [5.41, 5.74) is 5.59. The first kappa shape index (κ1) is 14.4. The highest BCUT2D eigenvalue weighted by Gasteiger charge is 2.24. The van der Waals surface area contributed by atoms with Crippen LogP contribution in [0.2, 0.25) is 0 Å². The highest BCUT2D eigenvalue weighted by atomic mass is 32.2. The monoisotopic (exact) mass is 264 g/mol. The molecule has 7 heteroatoms. The first-order valence-electron chi connectivity index (χ1n) is 5.76. The number of nitrogens with two attached hydrogens (primary N) is 1. The Hall–Kier alpha value is -0.660. The topological polar surface area (TPSA) is 89.7 Å². The van der Waals surface area contributed by atoms with Crippen LogP contribution < -0.4 is 5.73 Å². The largest absolute Gasteiger partial charge is 0.378 e. The van der Waals surface area contributed by atoms with Gasteiger partial charge in [0.2, 0.25) is 5.91 Å². The second-order valence-corrected chi connectivity index (χ2v) is 6.33. The van der Waals surface area contributed by atoms with E-state index in [0.29, 0.717) is 32.7 Å². The number of morpholine rings is 1. The average Bonchev–Trinajstić information content (AvgIpc) is 2.28. The lowest BCUT2D eigenvalue weighted by Gasteiger charge is -2.26. The van der Waals surface area contributed by atoms with Crippen LogP contribution in [0.4, 0.5) is 0 Å².